The Morgan fingerprint density at radius 2 is 0.456 bits per heavy atom. The van der Waals surface area contributed by atoms with Gasteiger partial charge in [0.2, 0.25) is 0 Å². The van der Waals surface area contributed by atoms with E-state index >= 15 is 0 Å². The van der Waals surface area contributed by atoms with Crippen molar-refractivity contribution in [1.29, 1.82) is 0 Å². The van der Waals surface area contributed by atoms with Crippen LogP contribution in [0.15, 0.2) is 261 Å². The van der Waals surface area contributed by atoms with E-state index < -0.39 is 0 Å². The highest BCUT2D eigenvalue weighted by molar-refractivity contribution is 6.13. The Kier molecular flexibility index (Phi) is 9.50. The van der Waals surface area contributed by atoms with Crippen molar-refractivity contribution in [3.63, 3.8) is 0 Å². The zero-order chi connectivity index (χ0) is 45.0. The number of benzene rings is 10. The van der Waals surface area contributed by atoms with Gasteiger partial charge in [-0.1, -0.05) is 170 Å². The van der Waals surface area contributed by atoms with E-state index in [4.69, 9.17) is 4.98 Å². The molecule has 0 aliphatic carbocycles. The number of pyridine rings is 1. The first-order chi connectivity index (χ1) is 33.7. The summed E-state index contributed by atoms with van der Waals surface area (Å²) in [7, 11) is 0. The molecule has 318 valence electrons. The van der Waals surface area contributed by atoms with E-state index in [1.54, 1.807) is 0 Å². The van der Waals surface area contributed by atoms with E-state index in [1.807, 2.05) is 12.4 Å². The van der Waals surface area contributed by atoms with Gasteiger partial charge in [0.1, 0.15) is 0 Å². The maximum absolute atomic E-state index is 4.77. The van der Waals surface area contributed by atoms with Gasteiger partial charge in [0.25, 0.3) is 0 Å². The van der Waals surface area contributed by atoms with Gasteiger partial charge >= 0.3 is 0 Å². The molecule has 3 nitrogen and oxygen atoms in total. The zero-order valence-electron chi connectivity index (χ0n) is 37.2. The predicted octanol–water partition coefficient (Wildman–Crippen LogP) is 17.3. The van der Waals surface area contributed by atoms with Crippen LogP contribution in [0, 0.1) is 0 Å². The second kappa shape index (κ2) is 16.4. The Hall–Kier alpha value is -9.05. The molecular formula is C65H43N3. The molecular weight excluding hydrogens is 823 g/mol. The lowest BCUT2D eigenvalue weighted by Crippen LogP contribution is -1.94. The molecule has 0 unspecified atom stereocenters. The Morgan fingerprint density at radius 3 is 0.735 bits per heavy atom. The van der Waals surface area contributed by atoms with Crippen molar-refractivity contribution in [1.82, 2.24) is 14.1 Å². The molecule has 0 spiro atoms. The number of fused-ring (bicyclic) bond motifs is 6. The Balaban J connectivity index is 0.844. The van der Waals surface area contributed by atoms with Crippen LogP contribution in [0.1, 0.15) is 0 Å². The van der Waals surface area contributed by atoms with Crippen molar-refractivity contribution < 1.29 is 0 Å². The molecule has 13 aromatic rings. The maximum Gasteiger partial charge on any atom is 0.0541 e. The summed E-state index contributed by atoms with van der Waals surface area (Å²) >= 11 is 0. The highest BCUT2D eigenvalue weighted by Gasteiger charge is 2.17. The van der Waals surface area contributed by atoms with E-state index in [0.29, 0.717) is 0 Å². The van der Waals surface area contributed by atoms with Gasteiger partial charge in [0.05, 0.1) is 22.1 Å². The van der Waals surface area contributed by atoms with E-state index in [9.17, 15) is 0 Å². The number of nitrogens with zero attached hydrogens (tertiary/aromatic N) is 3. The average molecular weight is 866 g/mol. The van der Waals surface area contributed by atoms with Gasteiger partial charge in [-0.3, -0.25) is 4.98 Å². The normalized spacial score (nSPS) is 11.5. The number of hydrogen-bond donors (Lipinski definition) is 0. The van der Waals surface area contributed by atoms with Crippen LogP contribution in [-0.2, 0) is 0 Å². The molecule has 0 amide bonds. The molecule has 68 heavy (non-hydrogen) atoms. The van der Waals surface area contributed by atoms with Gasteiger partial charge in [-0.25, -0.2) is 0 Å². The lowest BCUT2D eigenvalue weighted by molar-refractivity contribution is 1.18. The second-order valence-corrected chi connectivity index (χ2v) is 17.6. The van der Waals surface area contributed by atoms with Crippen LogP contribution in [0.2, 0.25) is 0 Å². The summed E-state index contributed by atoms with van der Waals surface area (Å²) in [5.41, 5.74) is 21.0. The van der Waals surface area contributed by atoms with E-state index in [-0.39, 0.29) is 0 Å². The van der Waals surface area contributed by atoms with E-state index in [2.05, 4.69) is 258 Å². The van der Waals surface area contributed by atoms with Gasteiger partial charge in [0.15, 0.2) is 0 Å². The highest BCUT2D eigenvalue weighted by Crippen LogP contribution is 2.40. The van der Waals surface area contributed by atoms with Crippen molar-refractivity contribution in [2.45, 2.75) is 0 Å². The minimum absolute atomic E-state index is 1.08. The van der Waals surface area contributed by atoms with Crippen molar-refractivity contribution in [3.05, 3.63) is 261 Å². The summed E-state index contributed by atoms with van der Waals surface area (Å²) < 4.78 is 4.80. The lowest BCUT2D eigenvalue weighted by Gasteiger charge is -2.12. The third-order valence-electron chi connectivity index (χ3n) is 13.6. The number of aromatic nitrogens is 3. The standard InChI is InChI=1S/C65H43N3/c1-5-13-44(14-6-1)50-25-33-62-58(38-50)59-39-51(45-15-7-2-8-16-45)26-34-63(59)67(62)56-29-21-48(22-30-56)54-37-55(43-66-42-54)49-23-31-57(32-24-49)68-64-35-27-52(46-17-9-3-10-18-46)40-60(64)61-41-53(28-36-65(61)68)47-19-11-4-12-20-47/h1-43H. The molecule has 0 saturated carbocycles. The van der Waals surface area contributed by atoms with Crippen LogP contribution < -0.4 is 0 Å². The minimum Gasteiger partial charge on any atom is -0.309 e. The SMILES string of the molecule is c1ccc(-c2ccc3c(c2)c2cc(-c4ccccc4)ccc2n3-c2ccc(-c3cncc(-c4ccc(-n5c6ccc(-c7ccccc7)cc6c6cc(-c7ccccc7)ccc65)cc4)c3)cc2)cc1. The molecule has 0 bridgehead atoms. The summed E-state index contributed by atoms with van der Waals surface area (Å²) in [4.78, 5) is 4.77. The molecule has 0 aliphatic rings. The minimum atomic E-state index is 1.08. The van der Waals surface area contributed by atoms with Crippen molar-refractivity contribution in [2.24, 2.45) is 0 Å². The summed E-state index contributed by atoms with van der Waals surface area (Å²) in [5.74, 6) is 0. The highest BCUT2D eigenvalue weighted by atomic mass is 15.0. The second-order valence-electron chi connectivity index (χ2n) is 17.6. The van der Waals surface area contributed by atoms with Crippen LogP contribution in [-0.4, -0.2) is 14.1 Å². The first kappa shape index (κ1) is 39.3. The van der Waals surface area contributed by atoms with Gasteiger partial charge in [-0.2, -0.15) is 0 Å². The van der Waals surface area contributed by atoms with Crippen LogP contribution in [0.25, 0.3) is 122 Å². The van der Waals surface area contributed by atoms with Crippen molar-refractivity contribution in [2.75, 3.05) is 0 Å². The lowest BCUT2D eigenvalue weighted by atomic mass is 10.0. The Labute approximate surface area is 395 Å². The van der Waals surface area contributed by atoms with Gasteiger partial charge in [0, 0.05) is 56.4 Å². The molecule has 0 fully saturated rings. The first-order valence-electron chi connectivity index (χ1n) is 23.3. The third-order valence-corrected chi connectivity index (χ3v) is 13.6. The average Bonchev–Trinajstić information content (AvgIpc) is 3.93. The van der Waals surface area contributed by atoms with Crippen LogP contribution in [0.4, 0.5) is 0 Å². The third kappa shape index (κ3) is 6.88. The molecule has 3 aromatic heterocycles. The van der Waals surface area contributed by atoms with Crippen LogP contribution in [0.5, 0.6) is 0 Å². The summed E-state index contributed by atoms with van der Waals surface area (Å²) in [6.45, 7) is 0. The largest absolute Gasteiger partial charge is 0.309 e. The molecule has 3 heterocycles. The summed E-state index contributed by atoms with van der Waals surface area (Å²) in [6, 6.07) is 90.2. The van der Waals surface area contributed by atoms with Gasteiger partial charge in [-0.15, -0.1) is 0 Å². The molecule has 10 aromatic carbocycles. The van der Waals surface area contributed by atoms with E-state index in [1.165, 1.54) is 88.1 Å². The molecule has 0 atom stereocenters. The fourth-order valence-electron chi connectivity index (χ4n) is 10.2. The molecule has 0 aliphatic heterocycles. The predicted molar refractivity (Wildman–Crippen MR) is 286 cm³/mol. The molecule has 13 rings (SSSR count). The van der Waals surface area contributed by atoms with E-state index in [0.717, 1.165) is 33.6 Å². The van der Waals surface area contributed by atoms with Crippen LogP contribution >= 0.6 is 0 Å². The molecule has 3 heteroatoms. The fourth-order valence-corrected chi connectivity index (χ4v) is 10.2. The van der Waals surface area contributed by atoms with Crippen molar-refractivity contribution in [3.8, 4) is 78.1 Å². The van der Waals surface area contributed by atoms with Gasteiger partial charge in [-0.05, 0) is 134 Å². The smallest absolute Gasteiger partial charge is 0.0541 e. The topological polar surface area (TPSA) is 22.8 Å². The summed E-state index contributed by atoms with van der Waals surface area (Å²) in [6.07, 6.45) is 3.93. The summed E-state index contributed by atoms with van der Waals surface area (Å²) in [5, 5.41) is 4.94. The van der Waals surface area contributed by atoms with Gasteiger partial charge < -0.3 is 9.13 Å². The quantitative estimate of drug-likeness (QED) is 0.149. The maximum atomic E-state index is 4.77. The Bertz CT molecular complexity index is 3510. The van der Waals surface area contributed by atoms with Crippen molar-refractivity contribution >= 4 is 43.6 Å². The Morgan fingerprint density at radius 1 is 0.206 bits per heavy atom. The number of rotatable bonds is 8. The van der Waals surface area contributed by atoms with Crippen LogP contribution in [0.3, 0.4) is 0 Å². The molecule has 0 saturated heterocycles. The molecule has 0 N–H and O–H groups in total. The molecule has 0 radical (unpaired) electrons. The first-order valence-corrected chi connectivity index (χ1v) is 23.3. The fraction of sp³-hybridized carbons (Fsp3) is 0. The number of hydrogen-bond acceptors (Lipinski definition) is 1. The monoisotopic (exact) mass is 865 g/mol. The zero-order valence-corrected chi connectivity index (χ0v) is 37.2.